The molecular weight excluding hydrogens is 347 g/mol. The minimum absolute atomic E-state index is 0.164. The number of rotatable bonds is 5. The molecule has 25 heavy (non-hydrogen) atoms. The van der Waals surface area contributed by atoms with Crippen LogP contribution in [0.1, 0.15) is 22.8 Å². The van der Waals surface area contributed by atoms with Crippen molar-refractivity contribution < 1.29 is 9.13 Å². The lowest BCUT2D eigenvalue weighted by atomic mass is 10.3. The average molecular weight is 363 g/mol. The summed E-state index contributed by atoms with van der Waals surface area (Å²) in [7, 11) is 0. The molecule has 2 N–H and O–H groups in total. The van der Waals surface area contributed by atoms with E-state index in [1.807, 2.05) is 6.92 Å². The van der Waals surface area contributed by atoms with Crippen molar-refractivity contribution in [3.63, 3.8) is 0 Å². The maximum atomic E-state index is 13.1. The van der Waals surface area contributed by atoms with Crippen molar-refractivity contribution in [2.45, 2.75) is 27.0 Å². The number of aromatic nitrogens is 5. The van der Waals surface area contributed by atoms with Crippen molar-refractivity contribution in [2.24, 2.45) is 0 Å². The van der Waals surface area contributed by atoms with Crippen molar-refractivity contribution in [1.29, 1.82) is 0 Å². The highest BCUT2D eigenvalue weighted by molar-refractivity contribution is 6.32. The van der Waals surface area contributed by atoms with E-state index in [1.54, 1.807) is 17.8 Å². The van der Waals surface area contributed by atoms with Gasteiger partial charge in [0.15, 0.2) is 0 Å². The normalized spacial score (nSPS) is 10.9. The first-order chi connectivity index (χ1) is 11.9. The molecule has 0 atom stereocenters. The van der Waals surface area contributed by atoms with Crippen molar-refractivity contribution in [3.8, 4) is 5.75 Å². The standard InChI is InChI=1S/C16H16ClFN6O/c1-9-14(8-25-15-4-3-12(18)5-13(15)17)22-23-24(9)7-11-6-20-10(2)21-16(11)19/h3-6H,7-8H2,1-2H3,(H2,19,20,21). The summed E-state index contributed by atoms with van der Waals surface area (Å²) >= 11 is 5.94. The molecule has 0 aliphatic heterocycles. The smallest absolute Gasteiger partial charge is 0.138 e. The van der Waals surface area contributed by atoms with Crippen LogP contribution in [0, 0.1) is 19.7 Å². The van der Waals surface area contributed by atoms with Gasteiger partial charge in [0.25, 0.3) is 0 Å². The molecule has 0 spiro atoms. The largest absolute Gasteiger partial charge is 0.486 e. The van der Waals surface area contributed by atoms with E-state index in [0.717, 1.165) is 11.3 Å². The monoisotopic (exact) mass is 362 g/mol. The third kappa shape index (κ3) is 3.85. The Morgan fingerprint density at radius 1 is 1.32 bits per heavy atom. The Balaban J connectivity index is 1.72. The number of benzene rings is 1. The number of aryl methyl sites for hydroxylation is 1. The summed E-state index contributed by atoms with van der Waals surface area (Å²) in [5, 5.41) is 8.42. The highest BCUT2D eigenvalue weighted by Crippen LogP contribution is 2.25. The van der Waals surface area contributed by atoms with Gasteiger partial charge in [-0.05, 0) is 32.0 Å². The summed E-state index contributed by atoms with van der Waals surface area (Å²) in [5.41, 5.74) is 8.13. The molecule has 0 bridgehead atoms. The number of ether oxygens (including phenoxy) is 1. The summed E-state index contributed by atoms with van der Waals surface area (Å²) < 4.78 is 20.3. The van der Waals surface area contributed by atoms with Gasteiger partial charge in [-0.25, -0.2) is 19.0 Å². The second-order valence-corrected chi connectivity index (χ2v) is 5.88. The predicted octanol–water partition coefficient (Wildman–Crippen LogP) is 2.69. The summed E-state index contributed by atoms with van der Waals surface area (Å²) in [6.07, 6.45) is 1.67. The lowest BCUT2D eigenvalue weighted by molar-refractivity contribution is 0.300. The summed E-state index contributed by atoms with van der Waals surface area (Å²) in [6, 6.07) is 3.95. The van der Waals surface area contributed by atoms with Crippen LogP contribution in [-0.2, 0) is 13.2 Å². The maximum absolute atomic E-state index is 13.1. The van der Waals surface area contributed by atoms with Crippen LogP contribution < -0.4 is 10.5 Å². The highest BCUT2D eigenvalue weighted by Gasteiger charge is 2.13. The molecule has 3 aromatic rings. The van der Waals surface area contributed by atoms with Crippen LogP contribution in [0.15, 0.2) is 24.4 Å². The van der Waals surface area contributed by atoms with Gasteiger partial charge < -0.3 is 10.5 Å². The van der Waals surface area contributed by atoms with Crippen molar-refractivity contribution in [1.82, 2.24) is 25.0 Å². The van der Waals surface area contributed by atoms with Gasteiger partial charge in [-0.1, -0.05) is 16.8 Å². The van der Waals surface area contributed by atoms with E-state index in [0.29, 0.717) is 29.6 Å². The van der Waals surface area contributed by atoms with Gasteiger partial charge in [-0.2, -0.15) is 0 Å². The van der Waals surface area contributed by atoms with Crippen LogP contribution in [0.25, 0.3) is 0 Å². The first kappa shape index (κ1) is 17.1. The minimum atomic E-state index is -0.419. The number of nitrogens with zero attached hydrogens (tertiary/aromatic N) is 5. The average Bonchev–Trinajstić information content (AvgIpc) is 2.90. The zero-order valence-corrected chi connectivity index (χ0v) is 14.5. The van der Waals surface area contributed by atoms with Gasteiger partial charge in [-0.3, -0.25) is 0 Å². The number of anilines is 1. The Bertz CT molecular complexity index is 914. The van der Waals surface area contributed by atoms with Gasteiger partial charge in [0.2, 0.25) is 0 Å². The maximum Gasteiger partial charge on any atom is 0.138 e. The van der Waals surface area contributed by atoms with Crippen LogP contribution in [0.3, 0.4) is 0 Å². The molecule has 0 amide bonds. The van der Waals surface area contributed by atoms with E-state index in [9.17, 15) is 4.39 Å². The summed E-state index contributed by atoms with van der Waals surface area (Å²) in [5.74, 6) is 0.991. The Hall–Kier alpha value is -2.74. The molecule has 2 aromatic heterocycles. The number of nitrogen functional groups attached to an aromatic ring is 1. The van der Waals surface area contributed by atoms with Gasteiger partial charge in [-0.15, -0.1) is 5.10 Å². The molecule has 7 nitrogen and oxygen atoms in total. The van der Waals surface area contributed by atoms with Gasteiger partial charge in [0.1, 0.15) is 35.5 Å². The van der Waals surface area contributed by atoms with E-state index < -0.39 is 5.82 Å². The van der Waals surface area contributed by atoms with Crippen LogP contribution in [0.2, 0.25) is 5.02 Å². The fourth-order valence-electron chi connectivity index (χ4n) is 2.21. The molecule has 1 aromatic carbocycles. The van der Waals surface area contributed by atoms with Gasteiger partial charge >= 0.3 is 0 Å². The lowest BCUT2D eigenvalue weighted by Gasteiger charge is -2.08. The second-order valence-electron chi connectivity index (χ2n) is 5.47. The third-order valence-electron chi connectivity index (χ3n) is 3.68. The van der Waals surface area contributed by atoms with Crippen LogP contribution >= 0.6 is 11.6 Å². The molecule has 9 heteroatoms. The lowest BCUT2D eigenvalue weighted by Crippen LogP contribution is -2.09. The topological polar surface area (TPSA) is 91.7 Å². The second kappa shape index (κ2) is 7.02. The van der Waals surface area contributed by atoms with Gasteiger partial charge in [0, 0.05) is 11.8 Å². The molecular formula is C16H16ClFN6O. The quantitative estimate of drug-likeness (QED) is 0.750. The van der Waals surface area contributed by atoms with Crippen molar-refractivity contribution in [3.05, 3.63) is 58.0 Å². The van der Waals surface area contributed by atoms with E-state index in [1.165, 1.54) is 18.2 Å². The van der Waals surface area contributed by atoms with Crippen molar-refractivity contribution in [2.75, 3.05) is 5.73 Å². The van der Waals surface area contributed by atoms with E-state index in [-0.39, 0.29) is 11.6 Å². The predicted molar refractivity (Wildman–Crippen MR) is 90.8 cm³/mol. The Morgan fingerprint density at radius 3 is 2.84 bits per heavy atom. The number of halogens is 2. The van der Waals surface area contributed by atoms with E-state index >= 15 is 0 Å². The number of nitrogens with two attached hydrogens (primary N) is 1. The summed E-state index contributed by atoms with van der Waals surface area (Å²) in [4.78, 5) is 8.28. The zero-order chi connectivity index (χ0) is 18.0. The first-order valence-corrected chi connectivity index (χ1v) is 7.86. The summed E-state index contributed by atoms with van der Waals surface area (Å²) in [6.45, 7) is 4.21. The first-order valence-electron chi connectivity index (χ1n) is 7.49. The molecule has 0 aliphatic carbocycles. The van der Waals surface area contributed by atoms with Crippen LogP contribution in [-0.4, -0.2) is 25.0 Å². The third-order valence-corrected chi connectivity index (χ3v) is 3.97. The molecule has 0 fully saturated rings. The molecule has 0 radical (unpaired) electrons. The molecule has 2 heterocycles. The Labute approximate surface area is 148 Å². The van der Waals surface area contributed by atoms with E-state index in [2.05, 4.69) is 20.3 Å². The zero-order valence-electron chi connectivity index (χ0n) is 13.7. The van der Waals surface area contributed by atoms with Crippen molar-refractivity contribution >= 4 is 17.4 Å². The van der Waals surface area contributed by atoms with Crippen LogP contribution in [0.4, 0.5) is 10.2 Å². The molecule has 0 unspecified atom stereocenters. The van der Waals surface area contributed by atoms with Gasteiger partial charge in [0.05, 0.1) is 17.3 Å². The van der Waals surface area contributed by atoms with Crippen LogP contribution in [0.5, 0.6) is 5.75 Å². The molecule has 130 valence electrons. The molecule has 0 saturated heterocycles. The van der Waals surface area contributed by atoms with E-state index in [4.69, 9.17) is 22.1 Å². The number of hydrogen-bond donors (Lipinski definition) is 1. The minimum Gasteiger partial charge on any atom is -0.486 e. The molecule has 3 rings (SSSR count). The number of hydrogen-bond acceptors (Lipinski definition) is 6. The highest BCUT2D eigenvalue weighted by atomic mass is 35.5. The molecule has 0 aliphatic rings. The fraction of sp³-hybridized carbons (Fsp3) is 0.250. The Kier molecular flexibility index (Phi) is 4.80. The molecule has 0 saturated carbocycles. The fourth-order valence-corrected chi connectivity index (χ4v) is 2.44. The SMILES string of the molecule is Cc1ncc(Cn2nnc(COc3ccc(F)cc3Cl)c2C)c(N)n1. The Morgan fingerprint density at radius 2 is 2.12 bits per heavy atom.